The first kappa shape index (κ1) is 62.2. The van der Waals surface area contributed by atoms with E-state index in [1.165, 1.54) is 55.6 Å². The van der Waals surface area contributed by atoms with Crippen LogP contribution in [0, 0.1) is 27.7 Å². The van der Waals surface area contributed by atoms with Crippen molar-refractivity contribution < 1.29 is 43.5 Å². The van der Waals surface area contributed by atoms with Crippen molar-refractivity contribution in [2.75, 3.05) is 13.2 Å². The number of hydrogen-bond acceptors (Lipinski definition) is 8. The van der Waals surface area contributed by atoms with Gasteiger partial charge < -0.3 is 34.0 Å². The van der Waals surface area contributed by atoms with Crippen LogP contribution in [0.15, 0.2) is 121 Å². The van der Waals surface area contributed by atoms with Gasteiger partial charge in [-0.1, -0.05) is 137 Å². The first-order chi connectivity index (χ1) is 37.2. The van der Waals surface area contributed by atoms with Gasteiger partial charge in [0.15, 0.2) is 8.32 Å². The molecule has 1 fully saturated rings. The van der Waals surface area contributed by atoms with Crippen LogP contribution in [0.3, 0.4) is 0 Å². The number of hydrogen-bond donors (Lipinski definition) is 3. The number of aryl methyl sites for hydroxylation is 4. The number of ether oxygens (including phenoxy) is 3. The minimum atomic E-state index is -1.66. The van der Waals surface area contributed by atoms with Crippen molar-refractivity contribution in [1.29, 1.82) is 0 Å². The summed E-state index contributed by atoms with van der Waals surface area (Å²) in [5.41, 5.74) is 15.2. The molecule has 0 spiro atoms. The number of aliphatic hydroxyl groups excluding tert-OH is 1. The molecule has 6 aromatic carbocycles. The van der Waals surface area contributed by atoms with Gasteiger partial charge in [-0.3, -0.25) is 9.59 Å². The van der Waals surface area contributed by atoms with E-state index in [0.29, 0.717) is 18.8 Å². The lowest BCUT2D eigenvalue weighted by molar-refractivity contribution is -0.142. The van der Waals surface area contributed by atoms with Gasteiger partial charge in [0.1, 0.15) is 30.8 Å². The number of aliphatic hydroxyl groups is 2. The normalized spacial score (nSPS) is 14.5. The van der Waals surface area contributed by atoms with Crippen LogP contribution in [-0.4, -0.2) is 61.0 Å². The summed E-state index contributed by atoms with van der Waals surface area (Å²) in [5, 5.41) is 29.1. The van der Waals surface area contributed by atoms with Crippen LogP contribution in [0.4, 0.5) is 0 Å². The molecule has 0 bridgehead atoms. The number of carbonyl (C=O) groups excluding carboxylic acids is 1. The molecule has 10 heteroatoms. The lowest BCUT2D eigenvalue weighted by atomic mass is 9.69. The molecule has 0 aromatic heterocycles. The molecule has 0 unspecified atom stereocenters. The Hall–Kier alpha value is -6.04. The van der Waals surface area contributed by atoms with Gasteiger partial charge in [0, 0.05) is 23.7 Å². The van der Waals surface area contributed by atoms with E-state index in [1.54, 1.807) is 13.8 Å². The van der Waals surface area contributed by atoms with Crippen molar-refractivity contribution in [3.8, 4) is 33.8 Å². The van der Waals surface area contributed by atoms with Crippen molar-refractivity contribution >= 4 is 20.3 Å². The largest absolute Gasteiger partial charge is 0.491 e. The molecule has 1 aliphatic rings. The second-order valence-electron chi connectivity index (χ2n) is 23.9. The van der Waals surface area contributed by atoms with E-state index in [1.807, 2.05) is 25.1 Å². The number of carbonyl (C=O) groups is 2. The van der Waals surface area contributed by atoms with Crippen LogP contribution in [0.1, 0.15) is 162 Å². The molecule has 1 saturated heterocycles. The molecular weight excluding hydrogens is 1000 g/mol. The van der Waals surface area contributed by atoms with E-state index in [4.69, 9.17) is 23.7 Å². The minimum absolute atomic E-state index is 0.0671. The van der Waals surface area contributed by atoms with Crippen LogP contribution in [0.2, 0.25) is 19.6 Å². The number of esters is 1. The van der Waals surface area contributed by atoms with Crippen molar-refractivity contribution in [2.24, 2.45) is 0 Å². The van der Waals surface area contributed by atoms with Gasteiger partial charge in [-0.25, -0.2) is 0 Å². The summed E-state index contributed by atoms with van der Waals surface area (Å²) in [6.45, 7) is 32.6. The minimum Gasteiger partial charge on any atom is -0.491 e. The monoisotopic (exact) mass is 1090 g/mol. The molecule has 9 nitrogen and oxygen atoms in total. The van der Waals surface area contributed by atoms with Crippen LogP contribution in [0.5, 0.6) is 11.5 Å². The summed E-state index contributed by atoms with van der Waals surface area (Å²) >= 11 is 0. The summed E-state index contributed by atoms with van der Waals surface area (Å²) in [4.78, 5) is 22.2. The summed E-state index contributed by atoms with van der Waals surface area (Å²) in [6.07, 6.45) is 4.22. The summed E-state index contributed by atoms with van der Waals surface area (Å²) < 4.78 is 23.7. The summed E-state index contributed by atoms with van der Waals surface area (Å²) in [6, 6.07) is 43.5. The molecule has 0 aliphatic carbocycles. The number of benzene rings is 6. The van der Waals surface area contributed by atoms with Gasteiger partial charge in [0.25, 0.3) is 0 Å². The van der Waals surface area contributed by atoms with Crippen LogP contribution in [-0.2, 0) is 40.8 Å². The van der Waals surface area contributed by atoms with E-state index in [-0.39, 0.29) is 48.0 Å². The zero-order chi connectivity index (χ0) is 58.1. The van der Waals surface area contributed by atoms with E-state index < -0.39 is 26.0 Å². The second kappa shape index (κ2) is 26.0. The molecular formula is C69H90O9Si. The zero-order valence-corrected chi connectivity index (χ0v) is 51.1. The fraction of sp³-hybridized carbons (Fsp3) is 0.449. The Balaban J connectivity index is 0.000000256. The highest BCUT2D eigenvalue weighted by molar-refractivity contribution is 6.69. The summed E-state index contributed by atoms with van der Waals surface area (Å²) in [7, 11) is -1.66. The fourth-order valence-electron chi connectivity index (χ4n) is 11.6. The number of rotatable bonds is 23. The molecule has 0 radical (unpaired) electrons. The molecule has 424 valence electrons. The topological polar surface area (TPSA) is 132 Å². The molecule has 1 aliphatic heterocycles. The van der Waals surface area contributed by atoms with Gasteiger partial charge in [0.05, 0.1) is 17.3 Å². The highest BCUT2D eigenvalue weighted by atomic mass is 28.4. The van der Waals surface area contributed by atoms with E-state index in [9.17, 15) is 19.8 Å². The average Bonchev–Trinajstić information content (AvgIpc) is 3.83. The SMILES string of the molecule is CCC(CC)(c1ccc(OC[C@H](O)CCC(=O)O)c(C)c1)c1ccc(-c2ccc(C(C)(C)O)cc2)c(C)c1.CCC(CC)(c1ccc(OC[C@H]2CCC(=O)O2)c(C)c1)c1ccc(-c2ccc(C(C)(C)O[Si](C)(C)C)cc2)c(C)c1. The zero-order valence-electron chi connectivity index (χ0n) is 50.1. The van der Waals surface area contributed by atoms with Gasteiger partial charge in [-0.15, -0.1) is 0 Å². The molecule has 0 amide bonds. The van der Waals surface area contributed by atoms with Gasteiger partial charge in [-0.05, 0) is 204 Å². The third kappa shape index (κ3) is 15.3. The molecule has 7 rings (SSSR count). The van der Waals surface area contributed by atoms with Gasteiger partial charge in [-0.2, -0.15) is 0 Å². The Labute approximate surface area is 473 Å². The van der Waals surface area contributed by atoms with Crippen molar-refractivity contribution in [3.05, 3.63) is 177 Å². The highest BCUT2D eigenvalue weighted by Gasteiger charge is 2.34. The lowest BCUT2D eigenvalue weighted by Crippen LogP contribution is -2.36. The number of carboxylic acids is 1. The maximum atomic E-state index is 11.4. The Morgan fingerprint density at radius 1 is 0.608 bits per heavy atom. The third-order valence-electron chi connectivity index (χ3n) is 16.3. The first-order valence-corrected chi connectivity index (χ1v) is 32.0. The fourth-order valence-corrected chi connectivity index (χ4v) is 13.3. The average molecular weight is 1090 g/mol. The van der Waals surface area contributed by atoms with Gasteiger partial charge in [0.2, 0.25) is 0 Å². The quantitative estimate of drug-likeness (QED) is 0.0424. The highest BCUT2D eigenvalue weighted by Crippen LogP contribution is 2.44. The maximum absolute atomic E-state index is 11.4. The Bertz CT molecular complexity index is 3010. The first-order valence-electron chi connectivity index (χ1n) is 28.6. The molecule has 79 heavy (non-hydrogen) atoms. The standard InChI is InChI=1S/C36H48O4Si.C33H42O5/c1-10-36(11-2,30-17-20-33(26(4)23-30)38-24-31-18-21-34(37)39-31)29-16-19-32(25(3)22-29)27-12-14-28(15-13-27)35(5,6)40-41(7,8)9;1-7-33(8-2,27-14-17-30(23(4)20-27)38-21-28(34)15-18-31(35)36)26-13-16-29(22(3)19-26)24-9-11-25(12-10-24)32(5,6)37/h12-17,19-20,22-23,31H,10-11,18,21,24H2,1-9H3;9-14,16-17,19-20,28,34,37H,7-8,15,18,21H2,1-6H3,(H,35,36)/t31-;28-/m11/s1. The third-order valence-corrected chi connectivity index (χ3v) is 17.4. The van der Waals surface area contributed by atoms with E-state index >= 15 is 0 Å². The summed E-state index contributed by atoms with van der Waals surface area (Å²) in [5.74, 6) is 0.499. The smallest absolute Gasteiger partial charge is 0.306 e. The van der Waals surface area contributed by atoms with Crippen LogP contribution < -0.4 is 9.47 Å². The molecule has 0 saturated carbocycles. The molecule has 2 atom stereocenters. The predicted octanol–water partition coefficient (Wildman–Crippen LogP) is 16.2. The van der Waals surface area contributed by atoms with Crippen molar-refractivity contribution in [1.82, 2.24) is 0 Å². The maximum Gasteiger partial charge on any atom is 0.306 e. The van der Waals surface area contributed by atoms with Crippen molar-refractivity contribution in [2.45, 2.75) is 188 Å². The molecule has 3 N–H and O–H groups in total. The van der Waals surface area contributed by atoms with E-state index in [2.05, 4.69) is 185 Å². The number of aliphatic carboxylic acids is 1. The van der Waals surface area contributed by atoms with Crippen LogP contribution in [0.25, 0.3) is 22.3 Å². The van der Waals surface area contributed by atoms with E-state index in [0.717, 1.165) is 60.1 Å². The Kier molecular flexibility index (Phi) is 20.5. The molecule has 6 aromatic rings. The second-order valence-corrected chi connectivity index (χ2v) is 28.3. The van der Waals surface area contributed by atoms with Crippen molar-refractivity contribution in [3.63, 3.8) is 0 Å². The number of carboxylic acid groups (broad SMARTS) is 1. The van der Waals surface area contributed by atoms with Gasteiger partial charge >= 0.3 is 11.9 Å². The lowest BCUT2D eigenvalue weighted by Gasteiger charge is -2.34. The Morgan fingerprint density at radius 2 is 1.01 bits per heavy atom. The molecule has 1 heterocycles. The van der Waals surface area contributed by atoms with Crippen LogP contribution >= 0.6 is 0 Å². The predicted molar refractivity (Wildman–Crippen MR) is 324 cm³/mol. The Morgan fingerprint density at radius 3 is 1.38 bits per heavy atom. The number of cyclic esters (lactones) is 1.